The molecule has 1 aliphatic carbocycles. The van der Waals surface area contributed by atoms with Gasteiger partial charge in [0.25, 0.3) is 5.91 Å². The van der Waals surface area contributed by atoms with Crippen LogP contribution < -0.4 is 11.1 Å². The third kappa shape index (κ3) is 6.00. The van der Waals surface area contributed by atoms with E-state index in [-0.39, 0.29) is 29.2 Å². The molecule has 2 aliphatic rings. The van der Waals surface area contributed by atoms with E-state index in [1.54, 1.807) is 32.4 Å². The van der Waals surface area contributed by atoms with Gasteiger partial charge < -0.3 is 25.4 Å². The Bertz CT molecular complexity index is 1180. The van der Waals surface area contributed by atoms with E-state index in [1.807, 2.05) is 30.5 Å². The van der Waals surface area contributed by atoms with Gasteiger partial charge in [0.2, 0.25) is 5.91 Å². The van der Waals surface area contributed by atoms with Crippen molar-refractivity contribution in [2.24, 2.45) is 5.73 Å². The molecule has 2 unspecified atom stereocenters. The molecule has 0 bridgehead atoms. The van der Waals surface area contributed by atoms with Gasteiger partial charge in [0.05, 0.1) is 17.2 Å². The van der Waals surface area contributed by atoms with Crippen molar-refractivity contribution in [2.75, 3.05) is 38.9 Å². The highest BCUT2D eigenvalue weighted by atomic mass is 32.2. The lowest BCUT2D eigenvalue weighted by molar-refractivity contribution is -0.0146. The standard InChI is InChI=1S/C28H33N3O4S/c1-34-25-14-19-11-13-31(17-20(19)15-26(25)35-2)12-10-18-4-6-21(7-5-18)30-28(33)24-16-22(36-3)8-9-23(24)27(29)32/h4-9,14,16-17,25-26H,10-13,15H2,1-3H3,(H2,29,32)(H,30,33). The fourth-order valence-electron chi connectivity index (χ4n) is 4.70. The van der Waals surface area contributed by atoms with E-state index in [0.717, 1.165) is 37.2 Å². The molecule has 0 saturated heterocycles. The van der Waals surface area contributed by atoms with E-state index >= 15 is 0 Å². The molecule has 2 aromatic carbocycles. The second-order valence-electron chi connectivity index (χ2n) is 8.99. The normalized spacial score (nSPS) is 19.2. The number of nitrogens with one attached hydrogen (secondary N) is 1. The van der Waals surface area contributed by atoms with Crippen LogP contribution in [0.3, 0.4) is 0 Å². The van der Waals surface area contributed by atoms with Gasteiger partial charge in [-0.05, 0) is 72.2 Å². The zero-order chi connectivity index (χ0) is 25.7. The van der Waals surface area contributed by atoms with Gasteiger partial charge in [-0.3, -0.25) is 9.59 Å². The predicted octanol–water partition coefficient (Wildman–Crippen LogP) is 4.25. The summed E-state index contributed by atoms with van der Waals surface area (Å²) in [7, 11) is 3.47. The van der Waals surface area contributed by atoms with E-state index in [0.29, 0.717) is 5.69 Å². The van der Waals surface area contributed by atoms with E-state index in [2.05, 4.69) is 22.5 Å². The molecule has 0 aromatic heterocycles. The van der Waals surface area contributed by atoms with Gasteiger partial charge in [0, 0.05) is 50.5 Å². The molecule has 190 valence electrons. The van der Waals surface area contributed by atoms with E-state index < -0.39 is 5.91 Å². The second kappa shape index (κ2) is 11.8. The van der Waals surface area contributed by atoms with Gasteiger partial charge in [0.1, 0.15) is 6.10 Å². The maximum atomic E-state index is 12.9. The summed E-state index contributed by atoms with van der Waals surface area (Å²) in [6, 6.07) is 12.9. The number of amides is 2. The zero-order valence-corrected chi connectivity index (χ0v) is 21.8. The van der Waals surface area contributed by atoms with Crippen LogP contribution in [0.15, 0.2) is 70.8 Å². The van der Waals surface area contributed by atoms with Gasteiger partial charge in [-0.15, -0.1) is 11.8 Å². The molecule has 8 heteroatoms. The number of methoxy groups -OCH3 is 2. The van der Waals surface area contributed by atoms with Crippen molar-refractivity contribution < 1.29 is 19.1 Å². The Kier molecular flexibility index (Phi) is 8.51. The number of anilines is 1. The van der Waals surface area contributed by atoms with Crippen LogP contribution in [0.1, 0.15) is 39.1 Å². The SMILES string of the molecule is COC1C=C2CCN(CCc3ccc(NC(=O)c4cc(SC)ccc4C(N)=O)cc3)C=C2CC1OC. The number of ether oxygens (including phenoxy) is 2. The minimum atomic E-state index is -0.622. The van der Waals surface area contributed by atoms with E-state index in [4.69, 9.17) is 15.2 Å². The molecule has 2 aromatic rings. The van der Waals surface area contributed by atoms with Crippen LogP contribution in [0, 0.1) is 0 Å². The molecule has 0 saturated carbocycles. The summed E-state index contributed by atoms with van der Waals surface area (Å²) in [5, 5.41) is 2.88. The highest BCUT2D eigenvalue weighted by Gasteiger charge is 2.29. The second-order valence-corrected chi connectivity index (χ2v) is 9.87. The third-order valence-electron chi connectivity index (χ3n) is 6.78. The highest BCUT2D eigenvalue weighted by Crippen LogP contribution is 2.33. The molecule has 2 amide bonds. The first-order valence-corrected chi connectivity index (χ1v) is 13.2. The van der Waals surface area contributed by atoms with Gasteiger partial charge in [-0.2, -0.15) is 0 Å². The van der Waals surface area contributed by atoms with Gasteiger partial charge in [0.15, 0.2) is 0 Å². The number of nitrogens with zero attached hydrogens (tertiary/aromatic N) is 1. The number of nitrogens with two attached hydrogens (primary N) is 1. The number of primary amides is 1. The largest absolute Gasteiger partial charge is 0.378 e. The number of hydrogen-bond acceptors (Lipinski definition) is 6. The average molecular weight is 508 g/mol. The number of carbonyl (C=O) groups is 2. The number of rotatable bonds is 9. The molecule has 36 heavy (non-hydrogen) atoms. The van der Waals surface area contributed by atoms with Crippen LogP contribution in [-0.2, 0) is 15.9 Å². The molecule has 4 rings (SSSR count). The van der Waals surface area contributed by atoms with Crippen molar-refractivity contribution in [1.29, 1.82) is 0 Å². The maximum Gasteiger partial charge on any atom is 0.256 e. The quantitative estimate of drug-likeness (QED) is 0.493. The summed E-state index contributed by atoms with van der Waals surface area (Å²) in [5.41, 5.74) is 10.5. The zero-order valence-electron chi connectivity index (χ0n) is 21.0. The van der Waals surface area contributed by atoms with E-state index in [1.165, 1.54) is 28.5 Å². The molecule has 0 radical (unpaired) electrons. The first-order valence-electron chi connectivity index (χ1n) is 12.0. The lowest BCUT2D eigenvalue weighted by Crippen LogP contribution is -2.36. The molecule has 0 spiro atoms. The number of thioether (sulfide) groups is 1. The van der Waals surface area contributed by atoms with Crippen LogP contribution in [0.4, 0.5) is 5.69 Å². The predicted molar refractivity (Wildman–Crippen MR) is 143 cm³/mol. The first kappa shape index (κ1) is 26.0. The Morgan fingerprint density at radius 2 is 1.86 bits per heavy atom. The average Bonchev–Trinajstić information content (AvgIpc) is 2.91. The minimum Gasteiger partial charge on any atom is -0.378 e. The molecule has 1 aliphatic heterocycles. The Labute approximate surface area is 216 Å². The summed E-state index contributed by atoms with van der Waals surface area (Å²) < 4.78 is 11.2. The lowest BCUT2D eigenvalue weighted by atomic mass is 9.86. The van der Waals surface area contributed by atoms with Crippen molar-refractivity contribution in [3.63, 3.8) is 0 Å². The number of fused-ring (bicyclic) bond motifs is 1. The summed E-state index contributed by atoms with van der Waals surface area (Å²) in [4.78, 5) is 27.9. The number of hydrogen-bond donors (Lipinski definition) is 2. The molecule has 3 N–H and O–H groups in total. The topological polar surface area (TPSA) is 93.9 Å². The molecular formula is C28H33N3O4S. The van der Waals surface area contributed by atoms with Crippen molar-refractivity contribution in [2.45, 2.75) is 36.4 Å². The summed E-state index contributed by atoms with van der Waals surface area (Å²) in [6.07, 6.45) is 9.23. The number of carbonyl (C=O) groups excluding carboxylic acids is 2. The molecule has 2 atom stereocenters. The summed E-state index contributed by atoms with van der Waals surface area (Å²) in [5.74, 6) is -0.975. The van der Waals surface area contributed by atoms with E-state index in [9.17, 15) is 9.59 Å². The minimum absolute atomic E-state index is 0.0181. The number of benzene rings is 2. The maximum absolute atomic E-state index is 12.9. The first-order chi connectivity index (χ1) is 17.4. The van der Waals surface area contributed by atoms with Crippen LogP contribution in [0.2, 0.25) is 0 Å². The van der Waals surface area contributed by atoms with Crippen molar-refractivity contribution >= 4 is 29.3 Å². The lowest BCUT2D eigenvalue weighted by Gasteiger charge is -2.35. The summed E-state index contributed by atoms with van der Waals surface area (Å²) in [6.45, 7) is 1.89. The Hall–Kier alpha value is -3.07. The van der Waals surface area contributed by atoms with Crippen LogP contribution in [0.25, 0.3) is 0 Å². The Morgan fingerprint density at radius 1 is 1.08 bits per heavy atom. The van der Waals surface area contributed by atoms with Crippen LogP contribution >= 0.6 is 11.8 Å². The monoisotopic (exact) mass is 507 g/mol. The fraction of sp³-hybridized carbons (Fsp3) is 0.357. The summed E-state index contributed by atoms with van der Waals surface area (Å²) >= 11 is 1.50. The smallest absolute Gasteiger partial charge is 0.256 e. The van der Waals surface area contributed by atoms with Crippen molar-refractivity contribution in [3.8, 4) is 0 Å². The van der Waals surface area contributed by atoms with Gasteiger partial charge >= 0.3 is 0 Å². The van der Waals surface area contributed by atoms with Crippen LogP contribution in [0.5, 0.6) is 0 Å². The third-order valence-corrected chi connectivity index (χ3v) is 7.51. The Balaban J connectivity index is 1.36. The Morgan fingerprint density at radius 3 is 2.53 bits per heavy atom. The van der Waals surface area contributed by atoms with Crippen molar-refractivity contribution in [3.05, 3.63) is 82.6 Å². The molecule has 7 nitrogen and oxygen atoms in total. The molecule has 0 fully saturated rings. The molecular weight excluding hydrogens is 474 g/mol. The van der Waals surface area contributed by atoms with Gasteiger partial charge in [-0.1, -0.05) is 12.1 Å². The fourth-order valence-corrected chi connectivity index (χ4v) is 5.14. The molecule has 1 heterocycles. The van der Waals surface area contributed by atoms with Gasteiger partial charge in [-0.25, -0.2) is 0 Å². The highest BCUT2D eigenvalue weighted by molar-refractivity contribution is 7.98. The van der Waals surface area contributed by atoms with Crippen LogP contribution in [-0.4, -0.2) is 62.5 Å². The van der Waals surface area contributed by atoms with Crippen molar-refractivity contribution in [1.82, 2.24) is 4.90 Å².